The molecular weight excluding hydrogens is 415 g/mol. The van der Waals surface area contributed by atoms with Crippen LogP contribution in [0.4, 0.5) is 0 Å². The molecule has 2 aromatic rings. The van der Waals surface area contributed by atoms with Crippen LogP contribution in [0.1, 0.15) is 11.1 Å². The summed E-state index contributed by atoms with van der Waals surface area (Å²) in [5.41, 5.74) is 8.54. The van der Waals surface area contributed by atoms with Crippen molar-refractivity contribution in [1.82, 2.24) is 5.01 Å². The summed E-state index contributed by atoms with van der Waals surface area (Å²) in [6.07, 6.45) is 1.71. The molecule has 1 radical (unpaired) electrons. The predicted octanol–water partition coefficient (Wildman–Crippen LogP) is 2.13. The Hall–Kier alpha value is -1.20. The van der Waals surface area contributed by atoms with E-state index in [0.29, 0.717) is 12.2 Å². The third kappa shape index (κ3) is 5.25. The van der Waals surface area contributed by atoms with E-state index in [1.165, 1.54) is 0 Å². The smallest absolute Gasteiger partial charge is 0.123 e. The van der Waals surface area contributed by atoms with Crippen molar-refractivity contribution in [2.75, 3.05) is 7.11 Å². The number of ether oxygens (including phenoxy) is 1. The van der Waals surface area contributed by atoms with Gasteiger partial charge in [0, 0.05) is 55.2 Å². The standard InChI is InChI=1S/C16H18N3O.Ho/c1-20-16-10-6-5-9-14(16)11-19(18)12-15(17)13-7-3-2-4-8-13;/h3-10,12H,11,17-18H2,1H3;/q-1;/b15-12-;. The van der Waals surface area contributed by atoms with Crippen molar-refractivity contribution in [1.29, 1.82) is 0 Å². The Morgan fingerprint density at radius 1 is 1.24 bits per heavy atom. The fourth-order valence-corrected chi connectivity index (χ4v) is 1.91. The van der Waals surface area contributed by atoms with E-state index in [1.807, 2.05) is 48.5 Å². The molecule has 4 N–H and O–H groups in total. The SMILES string of the molecule is COc1ccccc1CN(N)/C=C(\N)c1cc[c-]cc1.[Ho]. The second-order valence-electron chi connectivity index (χ2n) is 4.36. The van der Waals surface area contributed by atoms with Crippen molar-refractivity contribution in [3.05, 3.63) is 71.9 Å². The minimum Gasteiger partial charge on any atom is -0.496 e. The first-order valence-corrected chi connectivity index (χ1v) is 6.27. The van der Waals surface area contributed by atoms with Crippen LogP contribution in [0.5, 0.6) is 5.75 Å². The van der Waals surface area contributed by atoms with Gasteiger partial charge in [-0.15, -0.1) is 5.56 Å². The quantitative estimate of drug-likeness (QED) is 0.328. The number of nitrogens with zero attached hydrogens (tertiary/aromatic N) is 1. The summed E-state index contributed by atoms with van der Waals surface area (Å²) in [4.78, 5) is 0. The molecule has 2 rings (SSSR count). The molecule has 2 aromatic carbocycles. The van der Waals surface area contributed by atoms with Crippen LogP contribution >= 0.6 is 0 Å². The van der Waals surface area contributed by atoms with Crippen LogP contribution in [0.15, 0.2) is 54.7 Å². The second kappa shape index (κ2) is 8.95. The second-order valence-corrected chi connectivity index (χ2v) is 4.36. The monoisotopic (exact) mass is 433 g/mol. The number of hydrogen-bond acceptors (Lipinski definition) is 4. The van der Waals surface area contributed by atoms with Crippen LogP contribution in [0.2, 0.25) is 0 Å². The molecule has 0 aliphatic carbocycles. The Bertz CT molecular complexity index is 587. The molecule has 21 heavy (non-hydrogen) atoms. The third-order valence-electron chi connectivity index (χ3n) is 2.90. The van der Waals surface area contributed by atoms with Crippen molar-refractivity contribution in [3.63, 3.8) is 0 Å². The Morgan fingerprint density at radius 3 is 2.57 bits per heavy atom. The molecule has 0 fully saturated rings. The summed E-state index contributed by atoms with van der Waals surface area (Å²) in [5, 5.41) is 1.55. The van der Waals surface area contributed by atoms with Crippen LogP contribution in [-0.2, 0) is 6.54 Å². The molecule has 0 saturated carbocycles. The molecule has 4 nitrogen and oxygen atoms in total. The summed E-state index contributed by atoms with van der Waals surface area (Å²) in [5.74, 6) is 6.79. The van der Waals surface area contributed by atoms with E-state index in [-0.39, 0.29) is 37.7 Å². The van der Waals surface area contributed by atoms with Crippen LogP contribution in [0.25, 0.3) is 5.70 Å². The molecule has 0 bridgehead atoms. The van der Waals surface area contributed by atoms with Gasteiger partial charge in [-0.05, 0) is 6.07 Å². The maximum absolute atomic E-state index is 6.01. The van der Waals surface area contributed by atoms with Gasteiger partial charge < -0.3 is 15.5 Å². The molecular formula is C16H18HoN3O-. The molecule has 0 saturated heterocycles. The first-order chi connectivity index (χ1) is 9.70. The van der Waals surface area contributed by atoms with Crippen molar-refractivity contribution < 1.29 is 42.5 Å². The Morgan fingerprint density at radius 2 is 1.90 bits per heavy atom. The van der Waals surface area contributed by atoms with Gasteiger partial charge in [-0.2, -0.15) is 30.3 Å². The number of hydrogen-bond donors (Lipinski definition) is 2. The Labute approximate surface area is 155 Å². The zero-order chi connectivity index (χ0) is 14.4. The molecule has 0 aliphatic heterocycles. The zero-order valence-corrected chi connectivity index (χ0v) is 13.6. The van der Waals surface area contributed by atoms with Gasteiger partial charge in [-0.1, -0.05) is 18.2 Å². The normalized spacial score (nSPS) is 10.7. The summed E-state index contributed by atoms with van der Waals surface area (Å²) in [7, 11) is 1.64. The van der Waals surface area contributed by atoms with E-state index in [9.17, 15) is 0 Å². The molecule has 0 amide bonds. The van der Waals surface area contributed by atoms with E-state index in [4.69, 9.17) is 16.3 Å². The molecule has 0 aliphatic rings. The maximum Gasteiger partial charge on any atom is 0.123 e. The van der Waals surface area contributed by atoms with Gasteiger partial charge in [0.1, 0.15) is 5.75 Å². The van der Waals surface area contributed by atoms with Crippen LogP contribution < -0.4 is 16.3 Å². The first-order valence-electron chi connectivity index (χ1n) is 6.27. The van der Waals surface area contributed by atoms with E-state index >= 15 is 0 Å². The van der Waals surface area contributed by atoms with Crippen molar-refractivity contribution in [2.24, 2.45) is 11.6 Å². The van der Waals surface area contributed by atoms with Gasteiger partial charge in [0.25, 0.3) is 0 Å². The van der Waals surface area contributed by atoms with Gasteiger partial charge in [0.15, 0.2) is 0 Å². The number of para-hydroxylation sites is 1. The number of hydrazine groups is 1. The average Bonchev–Trinajstić information content (AvgIpc) is 2.48. The molecule has 0 spiro atoms. The molecule has 0 atom stereocenters. The van der Waals surface area contributed by atoms with Gasteiger partial charge in [-0.3, -0.25) is 0 Å². The van der Waals surface area contributed by atoms with Gasteiger partial charge in [-0.25, -0.2) is 5.84 Å². The minimum absolute atomic E-state index is 0. The van der Waals surface area contributed by atoms with Crippen LogP contribution in [0.3, 0.4) is 0 Å². The molecule has 0 unspecified atom stereocenters. The fraction of sp³-hybridized carbons (Fsp3) is 0.125. The van der Waals surface area contributed by atoms with Gasteiger partial charge in [0.05, 0.1) is 13.7 Å². The molecule has 5 heteroatoms. The molecule has 0 heterocycles. The van der Waals surface area contributed by atoms with E-state index in [0.717, 1.165) is 16.9 Å². The zero-order valence-electron chi connectivity index (χ0n) is 11.7. The topological polar surface area (TPSA) is 64.5 Å². The van der Waals surface area contributed by atoms with Crippen LogP contribution in [0, 0.1) is 43.8 Å². The van der Waals surface area contributed by atoms with Gasteiger partial charge in [0.2, 0.25) is 0 Å². The molecule has 0 aromatic heterocycles. The van der Waals surface area contributed by atoms with Crippen LogP contribution in [-0.4, -0.2) is 12.1 Å². The molecule has 115 valence electrons. The summed E-state index contributed by atoms with van der Waals surface area (Å²) >= 11 is 0. The Balaban J connectivity index is 0.00000220. The number of nitrogens with two attached hydrogens (primary N) is 2. The van der Waals surface area contributed by atoms with Crippen molar-refractivity contribution in [2.45, 2.75) is 6.54 Å². The Kier molecular flexibility index (Phi) is 7.61. The summed E-state index contributed by atoms with van der Waals surface area (Å²) in [6.45, 7) is 0.518. The average molecular weight is 433 g/mol. The minimum atomic E-state index is 0. The largest absolute Gasteiger partial charge is 0.496 e. The third-order valence-corrected chi connectivity index (χ3v) is 2.90. The van der Waals surface area contributed by atoms with Crippen molar-refractivity contribution in [3.8, 4) is 5.75 Å². The number of methoxy groups -OCH3 is 1. The summed E-state index contributed by atoms with van der Waals surface area (Å²) in [6, 6.07) is 18.1. The fourth-order valence-electron chi connectivity index (χ4n) is 1.91. The maximum atomic E-state index is 6.01. The van der Waals surface area contributed by atoms with E-state index in [1.54, 1.807) is 18.3 Å². The van der Waals surface area contributed by atoms with E-state index in [2.05, 4.69) is 6.07 Å². The van der Waals surface area contributed by atoms with Gasteiger partial charge >= 0.3 is 0 Å². The number of rotatable bonds is 5. The van der Waals surface area contributed by atoms with E-state index < -0.39 is 0 Å². The summed E-state index contributed by atoms with van der Waals surface area (Å²) < 4.78 is 5.30. The predicted molar refractivity (Wildman–Crippen MR) is 80.2 cm³/mol. The number of benzene rings is 2. The van der Waals surface area contributed by atoms with Crippen molar-refractivity contribution >= 4 is 5.70 Å². The first kappa shape index (κ1) is 17.9.